The van der Waals surface area contributed by atoms with Crippen molar-refractivity contribution in [2.45, 2.75) is 19.8 Å². The van der Waals surface area contributed by atoms with Crippen LogP contribution in [0.25, 0.3) is 0 Å². The number of hydrogen-bond acceptors (Lipinski definition) is 3. The van der Waals surface area contributed by atoms with Gasteiger partial charge in [0.15, 0.2) is 0 Å². The van der Waals surface area contributed by atoms with Crippen LogP contribution in [0.5, 0.6) is 0 Å². The Labute approximate surface area is 94.7 Å². The molecule has 0 bridgehead atoms. The molecule has 0 fully saturated rings. The molecule has 86 valence electrons. The van der Waals surface area contributed by atoms with Crippen LogP contribution >= 0.6 is 0 Å². The summed E-state index contributed by atoms with van der Waals surface area (Å²) in [6, 6.07) is 0. The van der Waals surface area contributed by atoms with Gasteiger partial charge in [0, 0.05) is 6.92 Å². The predicted octanol–water partition coefficient (Wildman–Crippen LogP) is 1.46. The summed E-state index contributed by atoms with van der Waals surface area (Å²) in [5, 5.41) is 2.45. The summed E-state index contributed by atoms with van der Waals surface area (Å²) in [7, 11) is 1.28. The fraction of sp³-hybridized carbons (Fsp3) is 0.333. The molecule has 0 saturated heterocycles. The number of esters is 1. The van der Waals surface area contributed by atoms with Crippen molar-refractivity contribution in [1.82, 2.24) is 5.32 Å². The summed E-state index contributed by atoms with van der Waals surface area (Å²) in [6.07, 6.45) is 9.50. The van der Waals surface area contributed by atoms with Crippen molar-refractivity contribution in [2.75, 3.05) is 7.11 Å². The van der Waals surface area contributed by atoms with E-state index >= 15 is 0 Å². The average Bonchev–Trinajstić information content (AvgIpc) is 2.28. The van der Waals surface area contributed by atoms with E-state index in [1.54, 1.807) is 6.08 Å². The van der Waals surface area contributed by atoms with Crippen LogP contribution in [0.4, 0.5) is 0 Å². The molecule has 4 nitrogen and oxygen atoms in total. The minimum absolute atomic E-state index is 0.160. The third-order valence-electron chi connectivity index (χ3n) is 2.05. The smallest absolute Gasteiger partial charge is 0.354 e. The third kappa shape index (κ3) is 3.73. The zero-order chi connectivity index (χ0) is 12.0. The number of allylic oxidation sites excluding steroid dienone is 5. The molecule has 0 aromatic rings. The van der Waals surface area contributed by atoms with Gasteiger partial charge in [-0.25, -0.2) is 4.79 Å². The molecule has 0 unspecified atom stereocenters. The summed E-state index contributed by atoms with van der Waals surface area (Å²) in [4.78, 5) is 22.3. The highest BCUT2D eigenvalue weighted by molar-refractivity contribution is 5.93. The summed E-state index contributed by atoms with van der Waals surface area (Å²) in [6.45, 7) is 1.35. The highest BCUT2D eigenvalue weighted by atomic mass is 16.5. The van der Waals surface area contributed by atoms with Crippen LogP contribution in [0.3, 0.4) is 0 Å². The maximum Gasteiger partial charge on any atom is 0.354 e. The molecule has 0 aromatic heterocycles. The van der Waals surface area contributed by atoms with Crippen molar-refractivity contribution in [3.8, 4) is 0 Å². The van der Waals surface area contributed by atoms with Gasteiger partial charge < -0.3 is 10.1 Å². The van der Waals surface area contributed by atoms with Crippen LogP contribution in [0.1, 0.15) is 19.8 Å². The molecule has 0 heterocycles. The fourth-order valence-electron chi connectivity index (χ4n) is 1.35. The second kappa shape index (κ2) is 5.90. The Morgan fingerprint density at radius 1 is 1.44 bits per heavy atom. The lowest BCUT2D eigenvalue weighted by Crippen LogP contribution is -2.25. The van der Waals surface area contributed by atoms with E-state index in [2.05, 4.69) is 10.1 Å². The number of nitrogens with one attached hydrogen (secondary N) is 1. The number of rotatable bonds is 3. The molecular formula is C12H15NO3. The average molecular weight is 221 g/mol. The molecule has 1 rings (SSSR count). The molecule has 0 radical (unpaired) electrons. The molecule has 1 N–H and O–H groups in total. The van der Waals surface area contributed by atoms with E-state index in [9.17, 15) is 9.59 Å². The molecule has 4 heteroatoms. The van der Waals surface area contributed by atoms with Gasteiger partial charge in [0.05, 0.1) is 7.11 Å². The van der Waals surface area contributed by atoms with Crippen molar-refractivity contribution in [3.05, 3.63) is 35.6 Å². The number of carbonyl (C=O) groups is 2. The summed E-state index contributed by atoms with van der Waals surface area (Å²) in [5.41, 5.74) is 1.06. The van der Waals surface area contributed by atoms with Gasteiger partial charge in [-0.3, -0.25) is 4.79 Å². The molecule has 16 heavy (non-hydrogen) atoms. The standard InChI is InChI=1S/C12H15NO3/c1-9(14)13-11(12(15)16-2)8-10-6-4-3-5-7-10/h4,6-8H,3,5H2,1-2H3,(H,13,14)/b11-8-. The Hall–Kier alpha value is -1.84. The van der Waals surface area contributed by atoms with Gasteiger partial charge in [-0.15, -0.1) is 0 Å². The number of amides is 1. The Morgan fingerprint density at radius 3 is 2.69 bits per heavy atom. The van der Waals surface area contributed by atoms with Crippen LogP contribution in [0, 0.1) is 0 Å². The first-order valence-corrected chi connectivity index (χ1v) is 5.08. The molecule has 0 atom stereocenters. The number of methoxy groups -OCH3 is 1. The van der Waals surface area contributed by atoms with Crippen molar-refractivity contribution in [3.63, 3.8) is 0 Å². The Bertz CT molecular complexity index is 378. The lowest BCUT2D eigenvalue weighted by molar-refractivity contribution is -0.137. The summed E-state index contributed by atoms with van der Waals surface area (Å²) >= 11 is 0. The van der Waals surface area contributed by atoms with Gasteiger partial charge in [-0.05, 0) is 24.5 Å². The Morgan fingerprint density at radius 2 is 2.19 bits per heavy atom. The number of carbonyl (C=O) groups excluding carboxylic acids is 2. The molecule has 0 aromatic carbocycles. The molecule has 1 aliphatic rings. The van der Waals surface area contributed by atoms with E-state index in [1.165, 1.54) is 14.0 Å². The lowest BCUT2D eigenvalue weighted by atomic mass is 10.1. The minimum Gasteiger partial charge on any atom is -0.464 e. The van der Waals surface area contributed by atoms with E-state index in [1.807, 2.05) is 18.2 Å². The lowest BCUT2D eigenvalue weighted by Gasteiger charge is -2.07. The van der Waals surface area contributed by atoms with Crippen LogP contribution in [0.15, 0.2) is 35.6 Å². The first-order valence-electron chi connectivity index (χ1n) is 5.08. The van der Waals surface area contributed by atoms with E-state index in [0.29, 0.717) is 0 Å². The first-order chi connectivity index (χ1) is 7.63. The second-order valence-electron chi connectivity index (χ2n) is 3.41. The fourth-order valence-corrected chi connectivity index (χ4v) is 1.35. The molecule has 0 spiro atoms. The van der Waals surface area contributed by atoms with E-state index < -0.39 is 5.97 Å². The van der Waals surface area contributed by atoms with Crippen molar-refractivity contribution in [2.24, 2.45) is 0 Å². The van der Waals surface area contributed by atoms with Gasteiger partial charge in [-0.1, -0.05) is 18.2 Å². The van der Waals surface area contributed by atoms with Gasteiger partial charge in [0.25, 0.3) is 0 Å². The van der Waals surface area contributed by atoms with Crippen molar-refractivity contribution >= 4 is 11.9 Å². The van der Waals surface area contributed by atoms with E-state index in [-0.39, 0.29) is 11.6 Å². The molecule has 0 aliphatic heterocycles. The Balaban J connectivity index is 2.86. The van der Waals surface area contributed by atoms with E-state index in [0.717, 1.165) is 18.4 Å². The highest BCUT2D eigenvalue weighted by Gasteiger charge is 2.11. The monoisotopic (exact) mass is 221 g/mol. The van der Waals surface area contributed by atoms with Gasteiger partial charge in [0.2, 0.25) is 5.91 Å². The van der Waals surface area contributed by atoms with Gasteiger partial charge in [0.1, 0.15) is 5.70 Å². The first kappa shape index (κ1) is 12.2. The number of ether oxygens (including phenoxy) is 1. The third-order valence-corrected chi connectivity index (χ3v) is 2.05. The van der Waals surface area contributed by atoms with Gasteiger partial charge >= 0.3 is 5.97 Å². The Kier molecular flexibility index (Phi) is 4.51. The SMILES string of the molecule is COC(=O)/C(=C/C1=CCCC=C1)NC(C)=O. The van der Waals surface area contributed by atoms with Crippen LogP contribution in [-0.2, 0) is 14.3 Å². The molecule has 1 aliphatic carbocycles. The number of hydrogen-bond donors (Lipinski definition) is 1. The van der Waals surface area contributed by atoms with Crippen LogP contribution in [-0.4, -0.2) is 19.0 Å². The zero-order valence-electron chi connectivity index (χ0n) is 9.45. The highest BCUT2D eigenvalue weighted by Crippen LogP contribution is 2.12. The minimum atomic E-state index is -0.546. The molecule has 0 saturated carbocycles. The molecular weight excluding hydrogens is 206 g/mol. The van der Waals surface area contributed by atoms with Crippen molar-refractivity contribution < 1.29 is 14.3 Å². The normalized spacial score (nSPS) is 15.4. The molecule has 1 amide bonds. The summed E-state index contributed by atoms with van der Waals surface area (Å²) in [5.74, 6) is -0.841. The predicted molar refractivity (Wildman–Crippen MR) is 60.4 cm³/mol. The zero-order valence-corrected chi connectivity index (χ0v) is 9.45. The largest absolute Gasteiger partial charge is 0.464 e. The van der Waals surface area contributed by atoms with Crippen molar-refractivity contribution in [1.29, 1.82) is 0 Å². The van der Waals surface area contributed by atoms with Crippen LogP contribution < -0.4 is 5.32 Å². The van der Waals surface area contributed by atoms with Gasteiger partial charge in [-0.2, -0.15) is 0 Å². The summed E-state index contributed by atoms with van der Waals surface area (Å²) < 4.78 is 4.58. The quantitative estimate of drug-likeness (QED) is 0.579. The topological polar surface area (TPSA) is 55.4 Å². The van der Waals surface area contributed by atoms with E-state index in [4.69, 9.17) is 0 Å². The van der Waals surface area contributed by atoms with Crippen LogP contribution in [0.2, 0.25) is 0 Å². The maximum absolute atomic E-state index is 11.4. The second-order valence-corrected chi connectivity index (χ2v) is 3.41. The maximum atomic E-state index is 11.4.